The highest BCUT2D eigenvalue weighted by atomic mass is 35.5. The minimum atomic E-state index is -4.79. The van der Waals surface area contributed by atoms with Crippen molar-refractivity contribution < 1.29 is 22.7 Å². The smallest absolute Gasteiger partial charge is 0.406 e. The third-order valence-corrected chi connectivity index (χ3v) is 3.42. The van der Waals surface area contributed by atoms with Gasteiger partial charge in [-0.15, -0.1) is 13.2 Å². The van der Waals surface area contributed by atoms with E-state index in [1.165, 1.54) is 6.07 Å². The van der Waals surface area contributed by atoms with Gasteiger partial charge in [0.1, 0.15) is 5.75 Å². The van der Waals surface area contributed by atoms with E-state index in [9.17, 15) is 18.0 Å². The molecule has 0 saturated heterocycles. The Morgan fingerprint density at radius 3 is 2.54 bits per heavy atom. The number of benzene rings is 2. The van der Waals surface area contributed by atoms with E-state index in [0.717, 1.165) is 17.7 Å². The van der Waals surface area contributed by atoms with Crippen molar-refractivity contribution in [2.75, 3.05) is 5.32 Å². The maximum absolute atomic E-state index is 12.2. The standard InChI is InChI=1S/C16H12ClF3N2O2/c1-9-3-4-10(7-14(9)22-15(23)21-2)12-6-5-11(8-13(12)17)24-16(18,19)20/h3-8H,2H2,1H3,(H,22,23). The number of hydrogen-bond donors (Lipinski definition) is 1. The molecule has 0 aromatic heterocycles. The number of rotatable bonds is 3. The van der Waals surface area contributed by atoms with Gasteiger partial charge in [0.15, 0.2) is 0 Å². The topological polar surface area (TPSA) is 50.7 Å². The number of aliphatic imine (C=N–C) groups is 1. The van der Waals surface area contributed by atoms with E-state index in [-0.39, 0.29) is 5.02 Å². The fourth-order valence-corrected chi connectivity index (χ4v) is 2.29. The molecule has 0 saturated carbocycles. The summed E-state index contributed by atoms with van der Waals surface area (Å²) < 4.78 is 40.5. The quantitative estimate of drug-likeness (QED) is 0.744. The van der Waals surface area contributed by atoms with Gasteiger partial charge in [-0.05, 0) is 49.0 Å². The highest BCUT2D eigenvalue weighted by Crippen LogP contribution is 2.34. The number of alkyl halides is 3. The number of aryl methyl sites for hydroxylation is 1. The van der Waals surface area contributed by atoms with Crippen molar-refractivity contribution in [3.63, 3.8) is 0 Å². The molecule has 24 heavy (non-hydrogen) atoms. The molecule has 0 aliphatic heterocycles. The summed E-state index contributed by atoms with van der Waals surface area (Å²) in [5.74, 6) is -0.409. The van der Waals surface area contributed by atoms with Crippen LogP contribution in [0.25, 0.3) is 11.1 Å². The second-order valence-electron chi connectivity index (χ2n) is 4.81. The second kappa shape index (κ2) is 6.92. The minimum absolute atomic E-state index is 0.0831. The second-order valence-corrected chi connectivity index (χ2v) is 5.21. The first kappa shape index (κ1) is 17.8. The number of nitrogens with zero attached hydrogens (tertiary/aromatic N) is 1. The van der Waals surface area contributed by atoms with Gasteiger partial charge >= 0.3 is 12.4 Å². The monoisotopic (exact) mass is 356 g/mol. The van der Waals surface area contributed by atoms with Crippen LogP contribution >= 0.6 is 11.6 Å². The zero-order valence-electron chi connectivity index (χ0n) is 12.4. The van der Waals surface area contributed by atoms with Gasteiger partial charge < -0.3 is 10.1 Å². The van der Waals surface area contributed by atoms with Crippen LogP contribution in [-0.2, 0) is 0 Å². The Labute approximate surface area is 140 Å². The molecule has 1 N–H and O–H groups in total. The molecule has 0 radical (unpaired) electrons. The Kier molecular flexibility index (Phi) is 5.14. The van der Waals surface area contributed by atoms with E-state index < -0.39 is 18.1 Å². The molecule has 2 rings (SSSR count). The van der Waals surface area contributed by atoms with Gasteiger partial charge in [0.2, 0.25) is 0 Å². The number of halogens is 4. The number of carbonyl (C=O) groups is 1. The van der Waals surface area contributed by atoms with Crippen molar-refractivity contribution in [1.82, 2.24) is 0 Å². The van der Waals surface area contributed by atoms with Gasteiger partial charge in [0.05, 0.1) is 5.02 Å². The fourth-order valence-electron chi connectivity index (χ4n) is 2.01. The Hall–Kier alpha value is -2.54. The molecule has 0 unspecified atom stereocenters. The van der Waals surface area contributed by atoms with E-state index in [2.05, 4.69) is 21.8 Å². The van der Waals surface area contributed by atoms with Crippen LogP contribution in [0, 0.1) is 6.92 Å². The van der Waals surface area contributed by atoms with Crippen LogP contribution in [0.2, 0.25) is 5.02 Å². The zero-order chi connectivity index (χ0) is 17.9. The first-order chi connectivity index (χ1) is 11.2. The van der Waals surface area contributed by atoms with Gasteiger partial charge in [-0.25, -0.2) is 9.79 Å². The van der Waals surface area contributed by atoms with Crippen molar-refractivity contribution in [1.29, 1.82) is 0 Å². The lowest BCUT2D eigenvalue weighted by Gasteiger charge is -2.13. The molecule has 0 spiro atoms. The van der Waals surface area contributed by atoms with Gasteiger partial charge in [-0.1, -0.05) is 23.7 Å². The summed E-state index contributed by atoms with van der Waals surface area (Å²) in [5, 5.41) is 2.63. The Morgan fingerprint density at radius 1 is 1.25 bits per heavy atom. The molecule has 4 nitrogen and oxygen atoms in total. The third kappa shape index (κ3) is 4.48. The molecule has 2 aromatic carbocycles. The number of anilines is 1. The summed E-state index contributed by atoms with van der Waals surface area (Å²) in [6.45, 7) is 4.91. The van der Waals surface area contributed by atoms with Crippen LogP contribution in [0.5, 0.6) is 5.75 Å². The van der Waals surface area contributed by atoms with Crippen LogP contribution in [0.1, 0.15) is 5.56 Å². The van der Waals surface area contributed by atoms with E-state index in [4.69, 9.17) is 11.6 Å². The molecular formula is C16H12ClF3N2O2. The molecular weight excluding hydrogens is 345 g/mol. The largest absolute Gasteiger partial charge is 0.573 e. The molecule has 0 aliphatic rings. The summed E-state index contributed by atoms with van der Waals surface area (Å²) in [6, 6.07) is 8.15. The van der Waals surface area contributed by atoms with E-state index in [0.29, 0.717) is 16.8 Å². The summed E-state index contributed by atoms with van der Waals surface area (Å²) in [4.78, 5) is 14.6. The molecule has 126 valence electrons. The number of ether oxygens (including phenoxy) is 1. The van der Waals surface area contributed by atoms with Crippen LogP contribution in [0.15, 0.2) is 41.4 Å². The summed E-state index contributed by atoms with van der Waals surface area (Å²) in [6.07, 6.45) is -4.79. The molecule has 8 heteroatoms. The van der Waals surface area contributed by atoms with Crippen molar-refractivity contribution in [3.05, 3.63) is 47.0 Å². The summed E-state index contributed by atoms with van der Waals surface area (Å²) in [7, 11) is 0. The predicted molar refractivity (Wildman–Crippen MR) is 86.9 cm³/mol. The molecule has 0 heterocycles. The lowest BCUT2D eigenvalue weighted by molar-refractivity contribution is -0.274. The molecule has 0 aliphatic carbocycles. The first-order valence-electron chi connectivity index (χ1n) is 6.63. The normalized spacial score (nSPS) is 11.0. The SMILES string of the molecule is C=NC(=O)Nc1cc(-c2ccc(OC(F)(F)F)cc2Cl)ccc1C. The third-order valence-electron chi connectivity index (χ3n) is 3.11. The van der Waals surface area contributed by atoms with Crippen molar-refractivity contribution >= 4 is 30.0 Å². The predicted octanol–water partition coefficient (Wildman–Crippen LogP) is 5.45. The van der Waals surface area contributed by atoms with Crippen molar-refractivity contribution in [2.45, 2.75) is 13.3 Å². The van der Waals surface area contributed by atoms with E-state index in [1.807, 2.05) is 0 Å². The van der Waals surface area contributed by atoms with Crippen LogP contribution in [-0.4, -0.2) is 19.1 Å². The Balaban J connectivity index is 2.36. The summed E-state index contributed by atoms with van der Waals surface area (Å²) >= 11 is 6.05. The highest BCUT2D eigenvalue weighted by molar-refractivity contribution is 6.33. The van der Waals surface area contributed by atoms with Crippen LogP contribution < -0.4 is 10.1 Å². The Bertz CT molecular complexity index is 791. The highest BCUT2D eigenvalue weighted by Gasteiger charge is 2.31. The summed E-state index contributed by atoms with van der Waals surface area (Å²) in [5.41, 5.74) is 2.39. The van der Waals surface area contributed by atoms with E-state index >= 15 is 0 Å². The lowest BCUT2D eigenvalue weighted by Crippen LogP contribution is -2.17. The Morgan fingerprint density at radius 2 is 1.96 bits per heavy atom. The zero-order valence-corrected chi connectivity index (χ0v) is 13.2. The fraction of sp³-hybridized carbons (Fsp3) is 0.125. The van der Waals surface area contributed by atoms with Gasteiger partial charge in [-0.2, -0.15) is 0 Å². The molecule has 0 atom stereocenters. The van der Waals surface area contributed by atoms with Crippen molar-refractivity contribution in [3.8, 4) is 16.9 Å². The number of nitrogens with one attached hydrogen (secondary N) is 1. The molecule has 0 fully saturated rings. The van der Waals surface area contributed by atoms with Crippen molar-refractivity contribution in [2.24, 2.45) is 4.99 Å². The van der Waals surface area contributed by atoms with Gasteiger partial charge in [-0.3, -0.25) is 0 Å². The van der Waals surface area contributed by atoms with Gasteiger partial charge in [0.25, 0.3) is 0 Å². The molecule has 0 bridgehead atoms. The number of amides is 2. The number of hydrogen-bond acceptors (Lipinski definition) is 2. The molecule has 2 aromatic rings. The van der Waals surface area contributed by atoms with Crippen LogP contribution in [0.3, 0.4) is 0 Å². The van der Waals surface area contributed by atoms with Crippen LogP contribution in [0.4, 0.5) is 23.7 Å². The molecule has 2 amide bonds. The average molecular weight is 357 g/mol. The maximum Gasteiger partial charge on any atom is 0.573 e. The first-order valence-corrected chi connectivity index (χ1v) is 7.01. The lowest BCUT2D eigenvalue weighted by atomic mass is 10.0. The minimum Gasteiger partial charge on any atom is -0.406 e. The maximum atomic E-state index is 12.2. The van der Waals surface area contributed by atoms with E-state index in [1.54, 1.807) is 25.1 Å². The number of carbonyl (C=O) groups excluding carboxylic acids is 1. The average Bonchev–Trinajstić information content (AvgIpc) is 2.48. The number of urea groups is 1. The van der Waals surface area contributed by atoms with Gasteiger partial charge in [0, 0.05) is 11.3 Å².